The fourth-order valence-corrected chi connectivity index (χ4v) is 3.14. The van der Waals surface area contributed by atoms with Gasteiger partial charge in [-0.1, -0.05) is 36.4 Å². The van der Waals surface area contributed by atoms with Crippen molar-refractivity contribution < 1.29 is 35.1 Å². The van der Waals surface area contributed by atoms with Crippen LogP contribution >= 0.6 is 0 Å². The summed E-state index contributed by atoms with van der Waals surface area (Å²) in [4.78, 5) is 10.8. The van der Waals surface area contributed by atoms with Crippen molar-refractivity contribution in [2.45, 2.75) is 6.10 Å². The van der Waals surface area contributed by atoms with Crippen molar-refractivity contribution in [3.8, 4) is 28.7 Å². The summed E-state index contributed by atoms with van der Waals surface area (Å²) in [6.45, 7) is 0.199. The lowest BCUT2D eigenvalue weighted by Gasteiger charge is -2.06. The number of hydrogen-bond donors (Lipinski definition) is 7. The third kappa shape index (κ3) is 6.66. The molecule has 9 nitrogen and oxygen atoms in total. The monoisotopic (exact) mass is 491 g/mol. The van der Waals surface area contributed by atoms with Gasteiger partial charge in [0.2, 0.25) is 0 Å². The van der Waals surface area contributed by atoms with Crippen molar-refractivity contribution >= 4 is 21.7 Å². The molecule has 5 rings (SSSR count). The van der Waals surface area contributed by atoms with E-state index in [1.807, 2.05) is 24.3 Å². The highest BCUT2D eigenvalue weighted by Crippen LogP contribution is 2.30. The second-order valence-corrected chi connectivity index (χ2v) is 7.66. The van der Waals surface area contributed by atoms with Gasteiger partial charge < -0.3 is 40.8 Å². The van der Waals surface area contributed by atoms with Gasteiger partial charge in [0, 0.05) is 24.1 Å². The summed E-state index contributed by atoms with van der Waals surface area (Å²) in [6, 6.07) is 22.3. The smallest absolute Gasteiger partial charge is 0.336 e. The van der Waals surface area contributed by atoms with Crippen LogP contribution in [0.3, 0.4) is 0 Å². The first-order chi connectivity index (χ1) is 17.2. The fraction of sp³-hybridized carbons (Fsp3) is 0.0741. The van der Waals surface area contributed by atoms with Crippen molar-refractivity contribution in [3.63, 3.8) is 0 Å². The molecule has 0 fully saturated rings. The molecule has 0 saturated heterocycles. The van der Waals surface area contributed by atoms with Gasteiger partial charge in [0.25, 0.3) is 0 Å². The van der Waals surface area contributed by atoms with Crippen LogP contribution in [0.15, 0.2) is 94.1 Å². The Morgan fingerprint density at radius 2 is 1.17 bits per heavy atom. The quantitative estimate of drug-likeness (QED) is 0.143. The lowest BCUT2D eigenvalue weighted by molar-refractivity contribution is 0.186. The van der Waals surface area contributed by atoms with E-state index in [0.29, 0.717) is 5.39 Å². The van der Waals surface area contributed by atoms with Crippen molar-refractivity contribution in [1.29, 1.82) is 0 Å². The summed E-state index contributed by atoms with van der Waals surface area (Å²) >= 11 is 0. The maximum absolute atomic E-state index is 10.8. The van der Waals surface area contributed by atoms with E-state index in [1.165, 1.54) is 36.4 Å². The number of aliphatic hydroxyl groups excluding tert-OH is 1. The molecule has 0 spiro atoms. The summed E-state index contributed by atoms with van der Waals surface area (Å²) in [6.07, 6.45) is -0.629. The first kappa shape index (κ1) is 25.9. The molecule has 0 aliphatic heterocycles. The molecule has 0 radical (unpaired) electrons. The van der Waals surface area contributed by atoms with Crippen molar-refractivity contribution in [2.75, 3.05) is 6.54 Å². The van der Waals surface area contributed by atoms with Crippen LogP contribution in [0.25, 0.3) is 21.7 Å². The standard InChI is InChI=1S/C10H8O2.C9H6O4.C8H11NO2/c11-9-5-7-3-1-2-4-8(7)6-10(9)12;10-6-3-5-1-2-9(12)13-8(5)4-7(6)11;9-5-8(11)6-1-3-7(10)4-2-6/h1-6,11-12H;1-4,10-11H;1-4,8,10-11H,5,9H2. The lowest BCUT2D eigenvalue weighted by Crippen LogP contribution is -2.10. The number of hydrogen-bond acceptors (Lipinski definition) is 9. The van der Waals surface area contributed by atoms with E-state index in [1.54, 1.807) is 24.3 Å². The molecule has 1 atom stereocenters. The number of phenolic OH excluding ortho intramolecular Hbond substituents is 5. The minimum atomic E-state index is -0.629. The maximum atomic E-state index is 10.8. The molecule has 1 aromatic heterocycles. The van der Waals surface area contributed by atoms with Gasteiger partial charge in [-0.25, -0.2) is 4.79 Å². The topological polar surface area (TPSA) is 178 Å². The Morgan fingerprint density at radius 3 is 1.69 bits per heavy atom. The molecule has 9 heteroatoms. The number of benzene rings is 4. The van der Waals surface area contributed by atoms with E-state index in [-0.39, 0.29) is 40.9 Å². The van der Waals surface area contributed by atoms with Crippen LogP contribution in [0.5, 0.6) is 28.7 Å². The minimum absolute atomic E-state index is 0.0753. The lowest BCUT2D eigenvalue weighted by atomic mass is 10.1. The van der Waals surface area contributed by atoms with Crippen molar-refractivity contribution in [3.05, 3.63) is 101 Å². The van der Waals surface area contributed by atoms with Gasteiger partial charge in [-0.05, 0) is 52.7 Å². The second-order valence-electron chi connectivity index (χ2n) is 7.66. The van der Waals surface area contributed by atoms with Crippen LogP contribution < -0.4 is 11.4 Å². The average molecular weight is 491 g/mol. The molecule has 0 aliphatic rings. The van der Waals surface area contributed by atoms with E-state index in [4.69, 9.17) is 35.7 Å². The number of aromatic hydroxyl groups is 5. The number of nitrogens with two attached hydrogens (primary N) is 1. The number of aliphatic hydroxyl groups is 1. The van der Waals surface area contributed by atoms with Crippen LogP contribution in [0.4, 0.5) is 0 Å². The molecule has 0 amide bonds. The zero-order valence-electron chi connectivity index (χ0n) is 18.9. The third-order valence-corrected chi connectivity index (χ3v) is 5.06. The Morgan fingerprint density at radius 1 is 0.667 bits per heavy atom. The Labute approximate surface area is 205 Å². The van der Waals surface area contributed by atoms with Crippen LogP contribution in [-0.4, -0.2) is 37.2 Å². The summed E-state index contributed by atoms with van der Waals surface area (Å²) in [5.41, 5.74) is 5.72. The predicted octanol–water partition coefficient (Wildman–Crippen LogP) is 3.84. The molecule has 4 aromatic carbocycles. The van der Waals surface area contributed by atoms with E-state index >= 15 is 0 Å². The van der Waals surface area contributed by atoms with Crippen LogP contribution in [-0.2, 0) is 0 Å². The van der Waals surface area contributed by atoms with Gasteiger partial charge in [-0.2, -0.15) is 0 Å². The van der Waals surface area contributed by atoms with Gasteiger partial charge in [-0.15, -0.1) is 0 Å². The minimum Gasteiger partial charge on any atom is -0.508 e. The largest absolute Gasteiger partial charge is 0.508 e. The molecule has 8 N–H and O–H groups in total. The maximum Gasteiger partial charge on any atom is 0.336 e. The van der Waals surface area contributed by atoms with E-state index in [0.717, 1.165) is 16.3 Å². The SMILES string of the molecule is NCC(O)c1ccc(O)cc1.O=c1ccc2cc(O)c(O)cc2o1.Oc1cc2ccccc2cc1O. The number of rotatable bonds is 2. The molecule has 36 heavy (non-hydrogen) atoms. The number of fused-ring (bicyclic) bond motifs is 2. The molecular formula is C27H25NO8. The third-order valence-electron chi connectivity index (χ3n) is 5.06. The summed E-state index contributed by atoms with van der Waals surface area (Å²) < 4.78 is 4.77. The number of phenols is 5. The van der Waals surface area contributed by atoms with E-state index in [9.17, 15) is 9.90 Å². The predicted molar refractivity (Wildman–Crippen MR) is 135 cm³/mol. The summed E-state index contributed by atoms with van der Waals surface area (Å²) in [5.74, 6) is -0.497. The fourth-order valence-electron chi connectivity index (χ4n) is 3.14. The van der Waals surface area contributed by atoms with Crippen molar-refractivity contribution in [2.24, 2.45) is 5.73 Å². The Balaban J connectivity index is 0.000000151. The molecule has 0 saturated carbocycles. The van der Waals surface area contributed by atoms with Crippen LogP contribution in [0, 0.1) is 0 Å². The molecule has 0 aliphatic carbocycles. The second kappa shape index (κ2) is 11.6. The Hall–Kier alpha value is -4.73. The normalized spacial score (nSPS) is 11.2. The Kier molecular flexibility index (Phi) is 8.35. The highest BCUT2D eigenvalue weighted by Gasteiger charge is 2.04. The van der Waals surface area contributed by atoms with E-state index < -0.39 is 11.7 Å². The van der Waals surface area contributed by atoms with Gasteiger partial charge in [-0.3, -0.25) is 0 Å². The first-order valence-electron chi connectivity index (χ1n) is 10.7. The average Bonchev–Trinajstić information content (AvgIpc) is 2.86. The highest BCUT2D eigenvalue weighted by molar-refractivity contribution is 5.85. The van der Waals surface area contributed by atoms with E-state index in [2.05, 4.69) is 0 Å². The van der Waals surface area contributed by atoms with Gasteiger partial charge in [0.1, 0.15) is 11.3 Å². The Bertz CT molecular complexity index is 1470. The summed E-state index contributed by atoms with van der Waals surface area (Å²) in [5, 5.41) is 57.1. The zero-order valence-corrected chi connectivity index (χ0v) is 18.9. The van der Waals surface area contributed by atoms with Crippen LogP contribution in [0.2, 0.25) is 0 Å². The molecule has 0 bridgehead atoms. The highest BCUT2D eigenvalue weighted by atomic mass is 16.4. The zero-order chi connectivity index (χ0) is 26.2. The molecular weight excluding hydrogens is 466 g/mol. The van der Waals surface area contributed by atoms with Gasteiger partial charge >= 0.3 is 5.63 Å². The summed E-state index contributed by atoms with van der Waals surface area (Å²) in [7, 11) is 0. The van der Waals surface area contributed by atoms with Gasteiger partial charge in [0.05, 0.1) is 6.10 Å². The molecule has 1 heterocycles. The first-order valence-corrected chi connectivity index (χ1v) is 10.7. The van der Waals surface area contributed by atoms with Crippen molar-refractivity contribution in [1.82, 2.24) is 0 Å². The molecule has 1 unspecified atom stereocenters. The van der Waals surface area contributed by atoms with Gasteiger partial charge in [0.15, 0.2) is 23.0 Å². The molecule has 186 valence electrons. The molecule has 5 aromatic rings. The van der Waals surface area contributed by atoms with Crippen LogP contribution in [0.1, 0.15) is 11.7 Å².